The van der Waals surface area contributed by atoms with Crippen LogP contribution in [0.4, 0.5) is 0 Å². The van der Waals surface area contributed by atoms with Gasteiger partial charge < -0.3 is 9.30 Å². The van der Waals surface area contributed by atoms with Gasteiger partial charge in [0.25, 0.3) is 0 Å². The van der Waals surface area contributed by atoms with Crippen LogP contribution in [0.3, 0.4) is 0 Å². The van der Waals surface area contributed by atoms with Gasteiger partial charge in [-0.05, 0) is 12.8 Å². The highest BCUT2D eigenvalue weighted by Gasteiger charge is 2.14. The Kier molecular flexibility index (Phi) is 3.88. The van der Waals surface area contributed by atoms with E-state index >= 15 is 0 Å². The monoisotopic (exact) mass is 210 g/mol. The zero-order valence-electron chi connectivity index (χ0n) is 9.73. The number of nitrogens with zero attached hydrogens (tertiary/aromatic N) is 2. The fourth-order valence-corrected chi connectivity index (χ4v) is 1.53. The maximum atomic E-state index is 10.8. The third kappa shape index (κ3) is 3.38. The van der Waals surface area contributed by atoms with Crippen LogP contribution >= 0.6 is 0 Å². The summed E-state index contributed by atoms with van der Waals surface area (Å²) in [5, 5.41) is 0. The molecule has 0 aromatic carbocycles. The molecule has 4 nitrogen and oxygen atoms in total. The van der Waals surface area contributed by atoms with Crippen molar-refractivity contribution in [3.63, 3.8) is 0 Å². The fourth-order valence-electron chi connectivity index (χ4n) is 1.53. The lowest BCUT2D eigenvalue weighted by atomic mass is 10.2. The number of aromatic nitrogens is 2. The Hall–Kier alpha value is -1.32. The lowest BCUT2D eigenvalue weighted by Gasteiger charge is -2.15. The topological polar surface area (TPSA) is 44.1 Å². The van der Waals surface area contributed by atoms with Crippen LogP contribution in [0.5, 0.6) is 0 Å². The number of esters is 1. The van der Waals surface area contributed by atoms with Crippen LogP contribution in [-0.4, -0.2) is 15.5 Å². The van der Waals surface area contributed by atoms with Gasteiger partial charge in [0.15, 0.2) is 6.10 Å². The van der Waals surface area contributed by atoms with Crippen molar-refractivity contribution in [2.24, 2.45) is 5.92 Å². The highest BCUT2D eigenvalue weighted by molar-refractivity contribution is 5.66. The molecule has 4 heteroatoms. The number of hydrogen-bond donors (Lipinski definition) is 0. The van der Waals surface area contributed by atoms with Crippen LogP contribution in [0.15, 0.2) is 12.4 Å². The Morgan fingerprint density at radius 1 is 1.53 bits per heavy atom. The van der Waals surface area contributed by atoms with Gasteiger partial charge in [0.2, 0.25) is 0 Å². The summed E-state index contributed by atoms with van der Waals surface area (Å²) in [6, 6.07) is 0. The first-order valence-corrected chi connectivity index (χ1v) is 5.19. The van der Waals surface area contributed by atoms with Gasteiger partial charge in [0, 0.05) is 25.9 Å². The van der Waals surface area contributed by atoms with Gasteiger partial charge in [-0.1, -0.05) is 13.8 Å². The number of rotatable bonds is 4. The third-order valence-electron chi connectivity index (χ3n) is 2.02. The molecule has 1 aromatic rings. The zero-order valence-corrected chi connectivity index (χ0v) is 9.73. The normalized spacial score (nSPS) is 12.9. The molecule has 0 radical (unpaired) electrons. The number of hydrogen-bond acceptors (Lipinski definition) is 3. The summed E-state index contributed by atoms with van der Waals surface area (Å²) < 4.78 is 7.12. The van der Waals surface area contributed by atoms with E-state index in [2.05, 4.69) is 18.8 Å². The van der Waals surface area contributed by atoms with E-state index in [1.54, 1.807) is 6.20 Å². The van der Waals surface area contributed by atoms with Gasteiger partial charge in [-0.15, -0.1) is 0 Å². The summed E-state index contributed by atoms with van der Waals surface area (Å²) in [6.45, 7) is 8.41. The Balaban J connectivity index is 2.75. The quantitative estimate of drug-likeness (QED) is 0.715. The smallest absolute Gasteiger partial charge is 0.303 e. The molecule has 0 spiro atoms. The average Bonchev–Trinajstić information content (AvgIpc) is 2.49. The third-order valence-corrected chi connectivity index (χ3v) is 2.02. The molecule has 0 saturated carbocycles. The minimum Gasteiger partial charge on any atom is -0.455 e. The SMILES string of the molecule is CC(=O)OC(C)c1nccn1CC(C)C. The first-order valence-electron chi connectivity index (χ1n) is 5.19. The molecule has 0 amide bonds. The maximum absolute atomic E-state index is 10.8. The highest BCUT2D eigenvalue weighted by Crippen LogP contribution is 2.16. The Bertz CT molecular complexity index is 331. The summed E-state index contributed by atoms with van der Waals surface area (Å²) in [4.78, 5) is 15.0. The second-order valence-corrected chi connectivity index (χ2v) is 4.08. The van der Waals surface area contributed by atoms with Crippen molar-refractivity contribution in [3.05, 3.63) is 18.2 Å². The van der Waals surface area contributed by atoms with Crippen LogP contribution in [0, 0.1) is 5.92 Å². The minimum absolute atomic E-state index is 0.276. The fraction of sp³-hybridized carbons (Fsp3) is 0.636. The van der Waals surface area contributed by atoms with Crippen LogP contribution in [0.2, 0.25) is 0 Å². The van der Waals surface area contributed by atoms with Gasteiger partial charge in [-0.25, -0.2) is 4.98 Å². The molecule has 0 aliphatic heterocycles. The number of imidazole rings is 1. The van der Waals surface area contributed by atoms with Gasteiger partial charge in [0.05, 0.1) is 0 Å². The van der Waals surface area contributed by atoms with Crippen molar-refractivity contribution in [2.75, 3.05) is 0 Å². The van der Waals surface area contributed by atoms with Crippen molar-refractivity contribution in [2.45, 2.75) is 40.3 Å². The molecule has 1 heterocycles. The van der Waals surface area contributed by atoms with Crippen molar-refractivity contribution in [1.82, 2.24) is 9.55 Å². The zero-order chi connectivity index (χ0) is 11.4. The highest BCUT2D eigenvalue weighted by atomic mass is 16.5. The summed E-state index contributed by atoms with van der Waals surface area (Å²) >= 11 is 0. The van der Waals surface area contributed by atoms with Gasteiger partial charge in [-0.3, -0.25) is 4.79 Å². The van der Waals surface area contributed by atoms with Crippen molar-refractivity contribution in [1.29, 1.82) is 0 Å². The molecule has 15 heavy (non-hydrogen) atoms. The lowest BCUT2D eigenvalue weighted by Crippen LogP contribution is -2.13. The number of ether oxygens (including phenoxy) is 1. The van der Waals surface area contributed by atoms with Crippen LogP contribution in [0.25, 0.3) is 0 Å². The van der Waals surface area contributed by atoms with Crippen LogP contribution in [-0.2, 0) is 16.1 Å². The molecule has 0 N–H and O–H groups in total. The lowest BCUT2D eigenvalue weighted by molar-refractivity contribution is -0.146. The predicted octanol–water partition coefficient (Wildman–Crippen LogP) is 2.16. The van der Waals surface area contributed by atoms with Crippen molar-refractivity contribution < 1.29 is 9.53 Å². The summed E-state index contributed by atoms with van der Waals surface area (Å²) in [7, 11) is 0. The second kappa shape index (κ2) is 4.96. The van der Waals surface area contributed by atoms with Crippen LogP contribution in [0.1, 0.15) is 39.6 Å². The van der Waals surface area contributed by atoms with E-state index in [-0.39, 0.29) is 12.1 Å². The molecule has 0 aliphatic carbocycles. The molecule has 1 unspecified atom stereocenters. The Morgan fingerprint density at radius 2 is 2.20 bits per heavy atom. The largest absolute Gasteiger partial charge is 0.455 e. The van der Waals surface area contributed by atoms with Crippen LogP contribution < -0.4 is 0 Å². The first-order chi connectivity index (χ1) is 7.00. The van der Waals surface area contributed by atoms with E-state index in [1.165, 1.54) is 6.92 Å². The molecule has 1 aromatic heterocycles. The van der Waals surface area contributed by atoms with E-state index in [0.717, 1.165) is 12.4 Å². The minimum atomic E-state index is -0.281. The molecule has 1 rings (SSSR count). The molecule has 84 valence electrons. The number of carbonyl (C=O) groups is 1. The summed E-state index contributed by atoms with van der Waals surface area (Å²) in [5.74, 6) is 1.07. The molecule has 1 atom stereocenters. The molecule has 0 saturated heterocycles. The summed E-state index contributed by atoms with van der Waals surface area (Å²) in [5.41, 5.74) is 0. The molecule has 0 bridgehead atoms. The molecular formula is C11H18N2O2. The van der Waals surface area contributed by atoms with E-state index in [1.807, 2.05) is 17.7 Å². The van der Waals surface area contributed by atoms with Gasteiger partial charge in [0.1, 0.15) is 5.82 Å². The molecular weight excluding hydrogens is 192 g/mol. The van der Waals surface area contributed by atoms with Crippen molar-refractivity contribution in [3.8, 4) is 0 Å². The Labute approximate surface area is 90.3 Å². The maximum Gasteiger partial charge on any atom is 0.303 e. The van der Waals surface area contributed by atoms with E-state index in [0.29, 0.717) is 5.92 Å². The van der Waals surface area contributed by atoms with Gasteiger partial charge in [-0.2, -0.15) is 0 Å². The van der Waals surface area contributed by atoms with Gasteiger partial charge >= 0.3 is 5.97 Å². The van der Waals surface area contributed by atoms with E-state index in [4.69, 9.17) is 4.74 Å². The predicted molar refractivity (Wildman–Crippen MR) is 57.2 cm³/mol. The molecule has 0 fully saturated rings. The van der Waals surface area contributed by atoms with Crippen molar-refractivity contribution >= 4 is 5.97 Å². The van der Waals surface area contributed by atoms with E-state index in [9.17, 15) is 4.79 Å². The Morgan fingerprint density at radius 3 is 2.73 bits per heavy atom. The first kappa shape index (κ1) is 11.8. The second-order valence-electron chi connectivity index (χ2n) is 4.08. The van der Waals surface area contributed by atoms with E-state index < -0.39 is 0 Å². The molecule has 0 aliphatic rings. The average molecular weight is 210 g/mol. The summed E-state index contributed by atoms with van der Waals surface area (Å²) in [6.07, 6.45) is 3.36. The number of carbonyl (C=O) groups excluding carboxylic acids is 1. The standard InChI is InChI=1S/C11H18N2O2/c1-8(2)7-13-6-5-12-11(13)9(3)15-10(4)14/h5-6,8-9H,7H2,1-4H3.